The first-order valence-corrected chi connectivity index (χ1v) is 6.28. The molecule has 2 aromatic rings. The molecule has 0 fully saturated rings. The molecule has 0 aliphatic heterocycles. The normalized spacial score (nSPS) is 10.4. The molecule has 0 aliphatic carbocycles. The van der Waals surface area contributed by atoms with Gasteiger partial charge in [-0.05, 0) is 36.8 Å². The number of nitrogens with two attached hydrogens (primary N) is 1. The summed E-state index contributed by atoms with van der Waals surface area (Å²) in [4.78, 5) is 0. The lowest BCUT2D eigenvalue weighted by Crippen LogP contribution is -1.92. The zero-order valence-corrected chi connectivity index (χ0v) is 11.8. The molecule has 0 aromatic heterocycles. The first-order valence-electron chi connectivity index (χ1n) is 5.15. The van der Waals surface area contributed by atoms with Crippen LogP contribution < -0.4 is 10.5 Å². The number of anilines is 1. The van der Waals surface area contributed by atoms with Crippen LogP contribution in [0.2, 0.25) is 15.1 Å². The summed E-state index contributed by atoms with van der Waals surface area (Å²) in [7, 11) is 0. The van der Waals surface area contributed by atoms with Gasteiger partial charge in [0.05, 0.1) is 10.7 Å². The minimum atomic E-state index is 0.448. The minimum absolute atomic E-state index is 0.448. The summed E-state index contributed by atoms with van der Waals surface area (Å²) in [6, 6.07) is 8.41. The third-order valence-electron chi connectivity index (χ3n) is 2.36. The third kappa shape index (κ3) is 3.02. The fourth-order valence-electron chi connectivity index (χ4n) is 1.51. The van der Waals surface area contributed by atoms with Crippen molar-refractivity contribution < 1.29 is 4.74 Å². The molecule has 18 heavy (non-hydrogen) atoms. The van der Waals surface area contributed by atoms with Crippen molar-refractivity contribution in [3.8, 4) is 11.5 Å². The Morgan fingerprint density at radius 1 is 0.944 bits per heavy atom. The average Bonchev–Trinajstić information content (AvgIpc) is 2.24. The molecule has 0 bridgehead atoms. The fourth-order valence-corrected chi connectivity index (χ4v) is 2.17. The van der Waals surface area contributed by atoms with E-state index in [4.69, 9.17) is 45.3 Å². The third-order valence-corrected chi connectivity index (χ3v) is 3.12. The summed E-state index contributed by atoms with van der Waals surface area (Å²) in [6.45, 7) is 1.88. The van der Waals surface area contributed by atoms with Crippen LogP contribution in [0.4, 0.5) is 5.69 Å². The number of aryl methyl sites for hydroxylation is 1. The Morgan fingerprint density at radius 2 is 1.56 bits per heavy atom. The highest BCUT2D eigenvalue weighted by molar-refractivity contribution is 6.34. The maximum atomic E-state index is 5.96. The molecule has 0 unspecified atom stereocenters. The topological polar surface area (TPSA) is 35.2 Å². The van der Waals surface area contributed by atoms with E-state index >= 15 is 0 Å². The van der Waals surface area contributed by atoms with Crippen LogP contribution in [0, 0.1) is 6.92 Å². The van der Waals surface area contributed by atoms with Gasteiger partial charge in [-0.3, -0.25) is 0 Å². The number of ether oxygens (including phenoxy) is 1. The van der Waals surface area contributed by atoms with Crippen molar-refractivity contribution in [3.63, 3.8) is 0 Å². The first kappa shape index (κ1) is 13.3. The van der Waals surface area contributed by atoms with Crippen molar-refractivity contribution in [2.75, 3.05) is 5.73 Å². The molecule has 5 heteroatoms. The largest absolute Gasteiger partial charge is 0.457 e. The summed E-state index contributed by atoms with van der Waals surface area (Å²) in [5.41, 5.74) is 7.10. The van der Waals surface area contributed by atoms with Gasteiger partial charge in [-0.15, -0.1) is 0 Å². The predicted molar refractivity (Wildman–Crippen MR) is 77.1 cm³/mol. The average molecular weight is 303 g/mol. The Kier molecular flexibility index (Phi) is 3.91. The van der Waals surface area contributed by atoms with Crippen molar-refractivity contribution in [2.24, 2.45) is 0 Å². The minimum Gasteiger partial charge on any atom is -0.457 e. The zero-order chi connectivity index (χ0) is 13.3. The Balaban J connectivity index is 2.36. The van der Waals surface area contributed by atoms with Crippen molar-refractivity contribution in [1.29, 1.82) is 0 Å². The maximum Gasteiger partial charge on any atom is 0.131 e. The summed E-state index contributed by atoms with van der Waals surface area (Å²) < 4.78 is 5.70. The van der Waals surface area contributed by atoms with Gasteiger partial charge in [-0.25, -0.2) is 0 Å². The molecule has 2 aromatic carbocycles. The zero-order valence-electron chi connectivity index (χ0n) is 9.51. The lowest BCUT2D eigenvalue weighted by atomic mass is 10.2. The number of benzene rings is 2. The highest BCUT2D eigenvalue weighted by atomic mass is 35.5. The number of nitrogen functional groups attached to an aromatic ring is 1. The van der Waals surface area contributed by atoms with E-state index in [1.165, 1.54) is 0 Å². The van der Waals surface area contributed by atoms with E-state index in [1.54, 1.807) is 30.3 Å². The molecule has 2 nitrogen and oxygen atoms in total. The molecule has 0 amide bonds. The molecule has 0 radical (unpaired) electrons. The van der Waals surface area contributed by atoms with Gasteiger partial charge in [-0.2, -0.15) is 0 Å². The smallest absolute Gasteiger partial charge is 0.131 e. The predicted octanol–water partition coefficient (Wildman–Crippen LogP) is 5.33. The summed E-state index contributed by atoms with van der Waals surface area (Å²) in [5, 5.41) is 1.47. The van der Waals surface area contributed by atoms with E-state index in [2.05, 4.69) is 0 Å². The van der Waals surface area contributed by atoms with Crippen LogP contribution in [0.15, 0.2) is 30.3 Å². The van der Waals surface area contributed by atoms with Crippen molar-refractivity contribution in [3.05, 3.63) is 51.0 Å². The Bertz CT molecular complexity index is 579. The molecule has 0 saturated carbocycles. The second kappa shape index (κ2) is 5.27. The van der Waals surface area contributed by atoms with E-state index in [0.717, 1.165) is 5.56 Å². The monoisotopic (exact) mass is 301 g/mol. The maximum absolute atomic E-state index is 5.96. The van der Waals surface area contributed by atoms with Crippen LogP contribution >= 0.6 is 34.8 Å². The van der Waals surface area contributed by atoms with Gasteiger partial charge >= 0.3 is 0 Å². The molecular weight excluding hydrogens is 293 g/mol. The molecule has 0 heterocycles. The van der Waals surface area contributed by atoms with Crippen LogP contribution in [0.1, 0.15) is 5.56 Å². The quantitative estimate of drug-likeness (QED) is 0.761. The van der Waals surface area contributed by atoms with Crippen LogP contribution in [0.3, 0.4) is 0 Å². The molecule has 0 saturated heterocycles. The lowest BCUT2D eigenvalue weighted by molar-refractivity contribution is 0.479. The molecule has 2 rings (SSSR count). The molecule has 94 valence electrons. The number of hydrogen-bond acceptors (Lipinski definition) is 2. The Morgan fingerprint density at radius 3 is 2.17 bits per heavy atom. The molecular formula is C13H10Cl3NO. The van der Waals surface area contributed by atoms with Gasteiger partial charge in [0.15, 0.2) is 0 Å². The van der Waals surface area contributed by atoms with Crippen molar-refractivity contribution in [1.82, 2.24) is 0 Å². The SMILES string of the molecule is Cc1cc(N)c(Cl)cc1Oc1cc(Cl)cc(Cl)c1. The highest BCUT2D eigenvalue weighted by Gasteiger charge is 2.07. The number of halogens is 3. The van der Waals surface area contributed by atoms with Gasteiger partial charge < -0.3 is 10.5 Å². The Hall–Kier alpha value is -1.09. The van der Waals surface area contributed by atoms with E-state index in [9.17, 15) is 0 Å². The van der Waals surface area contributed by atoms with Gasteiger partial charge in [0, 0.05) is 16.1 Å². The molecule has 2 N–H and O–H groups in total. The molecule has 0 atom stereocenters. The number of hydrogen-bond donors (Lipinski definition) is 1. The van der Waals surface area contributed by atoms with E-state index in [1.807, 2.05) is 6.92 Å². The second-order valence-electron chi connectivity index (χ2n) is 3.85. The number of rotatable bonds is 2. The van der Waals surface area contributed by atoms with E-state index < -0.39 is 0 Å². The van der Waals surface area contributed by atoms with Crippen LogP contribution in [-0.2, 0) is 0 Å². The van der Waals surface area contributed by atoms with Crippen LogP contribution in [-0.4, -0.2) is 0 Å². The van der Waals surface area contributed by atoms with Crippen molar-refractivity contribution >= 4 is 40.5 Å². The second-order valence-corrected chi connectivity index (χ2v) is 5.13. The lowest BCUT2D eigenvalue weighted by Gasteiger charge is -2.11. The molecule has 0 aliphatic rings. The van der Waals surface area contributed by atoms with Gasteiger partial charge in [0.1, 0.15) is 11.5 Å². The summed E-state index contributed by atoms with van der Waals surface area (Å²) in [6.07, 6.45) is 0. The van der Waals surface area contributed by atoms with Crippen LogP contribution in [0.25, 0.3) is 0 Å². The van der Waals surface area contributed by atoms with E-state index in [-0.39, 0.29) is 0 Å². The summed E-state index contributed by atoms with van der Waals surface area (Å²) in [5.74, 6) is 1.17. The van der Waals surface area contributed by atoms with Crippen LogP contribution in [0.5, 0.6) is 11.5 Å². The fraction of sp³-hybridized carbons (Fsp3) is 0.0769. The first-order chi connectivity index (χ1) is 8.45. The molecule has 0 spiro atoms. The van der Waals surface area contributed by atoms with Crippen molar-refractivity contribution in [2.45, 2.75) is 6.92 Å². The van der Waals surface area contributed by atoms with Gasteiger partial charge in [0.2, 0.25) is 0 Å². The Labute approximate surface area is 120 Å². The highest BCUT2D eigenvalue weighted by Crippen LogP contribution is 2.33. The van der Waals surface area contributed by atoms with Gasteiger partial charge in [0.25, 0.3) is 0 Å². The summed E-state index contributed by atoms with van der Waals surface area (Å²) >= 11 is 17.8. The van der Waals surface area contributed by atoms with Gasteiger partial charge in [-0.1, -0.05) is 34.8 Å². The standard InChI is InChI=1S/C13H10Cl3NO/c1-7-2-12(17)11(16)6-13(7)18-10-4-8(14)3-9(15)5-10/h2-6H,17H2,1H3. The van der Waals surface area contributed by atoms with E-state index in [0.29, 0.717) is 32.3 Å².